The van der Waals surface area contributed by atoms with E-state index < -0.39 is 18.1 Å². The molecule has 4 heteroatoms. The molecule has 0 saturated heterocycles. The van der Waals surface area contributed by atoms with Crippen LogP contribution in [-0.2, 0) is 4.79 Å². The van der Waals surface area contributed by atoms with Gasteiger partial charge in [0.25, 0.3) is 5.91 Å². The number of hydrogen-bond acceptors (Lipinski definition) is 3. The molecule has 0 unspecified atom stereocenters. The number of fused-ring (bicyclic) bond motifs is 1. The van der Waals surface area contributed by atoms with Crippen LogP contribution in [0.5, 0.6) is 5.75 Å². The summed E-state index contributed by atoms with van der Waals surface area (Å²) in [6, 6.07) is 16.4. The Balaban J connectivity index is 2.03. The van der Waals surface area contributed by atoms with Crippen molar-refractivity contribution >= 4 is 11.6 Å². The molecule has 1 heterocycles. The van der Waals surface area contributed by atoms with E-state index in [1.54, 1.807) is 18.2 Å². The van der Waals surface area contributed by atoms with Gasteiger partial charge in [-0.1, -0.05) is 42.5 Å². The van der Waals surface area contributed by atoms with E-state index in [4.69, 9.17) is 4.74 Å². The predicted molar refractivity (Wildman–Crippen MR) is 70.9 cm³/mol. The minimum atomic E-state index is -1.24. The van der Waals surface area contributed by atoms with Crippen molar-refractivity contribution in [2.75, 3.05) is 5.32 Å². The molecule has 2 atom stereocenters. The summed E-state index contributed by atoms with van der Waals surface area (Å²) in [5, 5.41) is 12.8. The van der Waals surface area contributed by atoms with E-state index >= 15 is 0 Å². The number of ether oxygens (including phenoxy) is 1. The molecule has 2 aromatic carbocycles. The number of hydrogen-bond donors (Lipinski definition) is 2. The van der Waals surface area contributed by atoms with Crippen molar-refractivity contribution < 1.29 is 14.6 Å². The normalized spacial score (nSPS) is 21.8. The summed E-state index contributed by atoms with van der Waals surface area (Å²) in [5.41, 5.74) is 1.34. The maximum absolute atomic E-state index is 11.9. The standard InChI is InChI=1S/C15H13NO3/c17-13-14(10-6-2-1-3-7-10)19-12-9-5-4-8-11(12)16-15(13)18/h1-9,13-14,17H,(H,16,18)/t13-,14-/m0/s1. The molecule has 2 N–H and O–H groups in total. The lowest BCUT2D eigenvalue weighted by Gasteiger charge is -2.20. The first-order valence-corrected chi connectivity index (χ1v) is 6.05. The van der Waals surface area contributed by atoms with E-state index in [2.05, 4.69) is 5.32 Å². The van der Waals surface area contributed by atoms with Gasteiger partial charge < -0.3 is 15.2 Å². The quantitative estimate of drug-likeness (QED) is 0.820. The zero-order valence-electron chi connectivity index (χ0n) is 10.1. The minimum absolute atomic E-state index is 0.459. The van der Waals surface area contributed by atoms with Crippen LogP contribution in [-0.4, -0.2) is 17.1 Å². The van der Waals surface area contributed by atoms with Crippen LogP contribution in [0.4, 0.5) is 5.69 Å². The van der Waals surface area contributed by atoms with Crippen molar-refractivity contribution in [1.29, 1.82) is 0 Å². The van der Waals surface area contributed by atoms with Gasteiger partial charge in [-0.2, -0.15) is 0 Å². The third-order valence-electron chi connectivity index (χ3n) is 3.08. The molecule has 0 spiro atoms. The highest BCUT2D eigenvalue weighted by Gasteiger charge is 2.33. The molecule has 1 aliphatic heterocycles. The van der Waals surface area contributed by atoms with Gasteiger partial charge in [0.15, 0.2) is 12.2 Å². The van der Waals surface area contributed by atoms with E-state index in [0.29, 0.717) is 11.4 Å². The van der Waals surface area contributed by atoms with Gasteiger partial charge in [-0.25, -0.2) is 0 Å². The first kappa shape index (κ1) is 11.7. The van der Waals surface area contributed by atoms with Crippen molar-refractivity contribution in [1.82, 2.24) is 0 Å². The van der Waals surface area contributed by atoms with E-state index in [-0.39, 0.29) is 0 Å². The average molecular weight is 255 g/mol. The molecule has 0 radical (unpaired) electrons. The van der Waals surface area contributed by atoms with Crippen molar-refractivity contribution in [3.8, 4) is 5.75 Å². The molecule has 1 amide bonds. The number of carbonyl (C=O) groups excluding carboxylic acids is 1. The number of carbonyl (C=O) groups is 1. The van der Waals surface area contributed by atoms with Gasteiger partial charge in [0.2, 0.25) is 0 Å². The van der Waals surface area contributed by atoms with Crippen molar-refractivity contribution in [3.05, 3.63) is 60.2 Å². The Morgan fingerprint density at radius 2 is 1.68 bits per heavy atom. The first-order chi connectivity index (χ1) is 9.25. The van der Waals surface area contributed by atoms with E-state index in [1.807, 2.05) is 36.4 Å². The maximum Gasteiger partial charge on any atom is 0.257 e. The topological polar surface area (TPSA) is 58.6 Å². The Morgan fingerprint density at radius 3 is 2.47 bits per heavy atom. The molecule has 0 bridgehead atoms. The molecule has 0 aliphatic carbocycles. The number of aliphatic hydroxyl groups is 1. The summed E-state index contributed by atoms with van der Waals surface area (Å²) in [4.78, 5) is 11.9. The maximum atomic E-state index is 11.9. The smallest absolute Gasteiger partial charge is 0.257 e. The van der Waals surface area contributed by atoms with Crippen molar-refractivity contribution in [3.63, 3.8) is 0 Å². The Morgan fingerprint density at radius 1 is 1.00 bits per heavy atom. The Hall–Kier alpha value is -2.33. The molecule has 0 fully saturated rings. The first-order valence-electron chi connectivity index (χ1n) is 6.05. The second-order valence-corrected chi connectivity index (χ2v) is 4.38. The highest BCUT2D eigenvalue weighted by Crippen LogP contribution is 2.34. The zero-order chi connectivity index (χ0) is 13.2. The number of rotatable bonds is 1. The van der Waals surface area contributed by atoms with E-state index in [1.165, 1.54) is 0 Å². The third-order valence-corrected chi connectivity index (χ3v) is 3.08. The van der Waals surface area contributed by atoms with E-state index in [9.17, 15) is 9.90 Å². The van der Waals surface area contributed by atoms with Gasteiger partial charge >= 0.3 is 0 Å². The highest BCUT2D eigenvalue weighted by atomic mass is 16.5. The van der Waals surface area contributed by atoms with Crippen LogP contribution in [0.25, 0.3) is 0 Å². The van der Waals surface area contributed by atoms with Crippen LogP contribution in [0.15, 0.2) is 54.6 Å². The zero-order valence-corrected chi connectivity index (χ0v) is 10.1. The molecule has 1 aliphatic rings. The van der Waals surface area contributed by atoms with Crippen LogP contribution in [0, 0.1) is 0 Å². The second kappa shape index (κ2) is 4.74. The van der Waals surface area contributed by atoms with Gasteiger partial charge in [0.1, 0.15) is 5.75 Å². The summed E-state index contributed by atoms with van der Waals surface area (Å²) >= 11 is 0. The fraction of sp³-hybridized carbons (Fsp3) is 0.133. The molecule has 96 valence electrons. The number of nitrogens with one attached hydrogen (secondary N) is 1. The summed E-state index contributed by atoms with van der Waals surface area (Å²) < 4.78 is 5.79. The Bertz CT molecular complexity index is 597. The average Bonchev–Trinajstić information content (AvgIpc) is 2.58. The number of benzene rings is 2. The molecular weight excluding hydrogens is 242 g/mol. The monoisotopic (exact) mass is 255 g/mol. The highest BCUT2D eigenvalue weighted by molar-refractivity contribution is 5.96. The fourth-order valence-electron chi connectivity index (χ4n) is 2.11. The summed E-state index contributed by atoms with van der Waals surface area (Å²) in [6.07, 6.45) is -1.94. The lowest BCUT2D eigenvalue weighted by Crippen LogP contribution is -2.33. The predicted octanol–water partition coefficient (Wildman–Crippen LogP) is 2.12. The molecule has 0 saturated carbocycles. The largest absolute Gasteiger partial charge is 0.480 e. The summed E-state index contributed by atoms with van der Waals surface area (Å²) in [6.45, 7) is 0. The van der Waals surface area contributed by atoms with Crippen LogP contribution in [0.1, 0.15) is 11.7 Å². The van der Waals surface area contributed by atoms with Crippen LogP contribution in [0.2, 0.25) is 0 Å². The number of aliphatic hydroxyl groups excluding tert-OH is 1. The molecule has 4 nitrogen and oxygen atoms in total. The number of anilines is 1. The van der Waals surface area contributed by atoms with Gasteiger partial charge in [0, 0.05) is 0 Å². The third kappa shape index (κ3) is 2.18. The van der Waals surface area contributed by atoms with Crippen molar-refractivity contribution in [2.24, 2.45) is 0 Å². The van der Waals surface area contributed by atoms with Gasteiger partial charge in [-0.15, -0.1) is 0 Å². The van der Waals surface area contributed by atoms with Gasteiger partial charge in [-0.3, -0.25) is 4.79 Å². The Labute approximate surface area is 110 Å². The summed E-state index contributed by atoms with van der Waals surface area (Å²) in [5.74, 6) is 0.0973. The second-order valence-electron chi connectivity index (χ2n) is 4.38. The van der Waals surface area contributed by atoms with Gasteiger partial charge in [0.05, 0.1) is 5.69 Å². The lowest BCUT2D eigenvalue weighted by atomic mass is 10.0. The molecule has 2 aromatic rings. The molecule has 3 rings (SSSR count). The summed E-state index contributed by atoms with van der Waals surface area (Å²) in [7, 11) is 0. The van der Waals surface area contributed by atoms with Crippen LogP contribution in [0.3, 0.4) is 0 Å². The van der Waals surface area contributed by atoms with Crippen molar-refractivity contribution in [2.45, 2.75) is 12.2 Å². The SMILES string of the molecule is O=C1Nc2ccccc2O[C@@H](c2ccccc2)[C@@H]1O. The minimum Gasteiger partial charge on any atom is -0.480 e. The molecule has 19 heavy (non-hydrogen) atoms. The Kier molecular flexibility index (Phi) is 2.93. The van der Waals surface area contributed by atoms with Gasteiger partial charge in [-0.05, 0) is 17.7 Å². The molecular formula is C15H13NO3. The number of amides is 1. The van der Waals surface area contributed by atoms with E-state index in [0.717, 1.165) is 5.56 Å². The van der Waals surface area contributed by atoms with Crippen LogP contribution >= 0.6 is 0 Å². The fourth-order valence-corrected chi connectivity index (χ4v) is 2.11. The molecule has 0 aromatic heterocycles. The van der Waals surface area contributed by atoms with Crippen LogP contribution < -0.4 is 10.1 Å². The lowest BCUT2D eigenvalue weighted by molar-refractivity contribution is -0.128. The number of para-hydroxylation sites is 2.